The highest BCUT2D eigenvalue weighted by Crippen LogP contribution is 2.19. The first-order chi connectivity index (χ1) is 8.24. The molecule has 3 aromatic rings. The van der Waals surface area contributed by atoms with Crippen molar-refractivity contribution in [3.8, 4) is 11.3 Å². The number of fused-ring (bicyclic) bond motifs is 1. The smallest absolute Gasteiger partial charge is 0.202 e. The summed E-state index contributed by atoms with van der Waals surface area (Å²) in [5, 5.41) is 14.8. The van der Waals surface area contributed by atoms with Crippen molar-refractivity contribution in [2.75, 3.05) is 0 Å². The largest absolute Gasteiger partial charge is 0.270 e. The van der Waals surface area contributed by atoms with Gasteiger partial charge in [0.15, 0.2) is 0 Å². The number of aromatic nitrogens is 6. The Hall–Kier alpha value is -2.24. The average Bonchev–Trinajstić information content (AvgIpc) is 2.97. The van der Waals surface area contributed by atoms with Crippen LogP contribution in [0.2, 0.25) is 0 Å². The van der Waals surface area contributed by atoms with Crippen LogP contribution < -0.4 is 0 Å². The molecule has 0 unspecified atom stereocenters. The predicted molar refractivity (Wildman–Crippen MR) is 63.3 cm³/mol. The highest BCUT2D eigenvalue weighted by Gasteiger charge is 2.07. The maximum Gasteiger partial charge on any atom is 0.202 e. The normalized spacial score (nSPS) is 11.5. The van der Waals surface area contributed by atoms with E-state index in [1.807, 2.05) is 29.2 Å². The Labute approximate surface area is 97.7 Å². The standard InChI is InChI=1S/C11H12N6/c1-7(2)17-6-8(5-12-17)9-3-4-10-11(13-9)15-16-14-10/h3-7H,1-2H3,(H,13,14,15,16). The third kappa shape index (κ3) is 1.67. The maximum absolute atomic E-state index is 4.42. The zero-order chi connectivity index (χ0) is 11.8. The van der Waals surface area contributed by atoms with E-state index in [0.717, 1.165) is 16.8 Å². The van der Waals surface area contributed by atoms with Gasteiger partial charge in [-0.25, -0.2) is 4.98 Å². The molecule has 0 saturated heterocycles. The van der Waals surface area contributed by atoms with Gasteiger partial charge in [0.25, 0.3) is 0 Å². The Morgan fingerprint density at radius 2 is 2.12 bits per heavy atom. The number of aromatic amines is 1. The van der Waals surface area contributed by atoms with Crippen LogP contribution in [0.1, 0.15) is 19.9 Å². The maximum atomic E-state index is 4.42. The van der Waals surface area contributed by atoms with E-state index in [1.165, 1.54) is 0 Å². The molecule has 6 nitrogen and oxygen atoms in total. The zero-order valence-corrected chi connectivity index (χ0v) is 9.62. The molecular weight excluding hydrogens is 216 g/mol. The molecule has 0 saturated carbocycles. The molecule has 6 heteroatoms. The summed E-state index contributed by atoms with van der Waals surface area (Å²) < 4.78 is 1.91. The summed E-state index contributed by atoms with van der Waals surface area (Å²) in [6, 6.07) is 4.17. The van der Waals surface area contributed by atoms with Gasteiger partial charge in [0.2, 0.25) is 5.65 Å². The molecular formula is C11H12N6. The number of hydrogen-bond donors (Lipinski definition) is 1. The molecule has 0 aliphatic carbocycles. The lowest BCUT2D eigenvalue weighted by Crippen LogP contribution is -1.99. The molecule has 0 amide bonds. The van der Waals surface area contributed by atoms with Crippen LogP contribution in [0.3, 0.4) is 0 Å². The fourth-order valence-electron chi connectivity index (χ4n) is 1.65. The number of H-pyrrole nitrogens is 1. The molecule has 3 heterocycles. The summed E-state index contributed by atoms with van der Waals surface area (Å²) in [7, 11) is 0. The Balaban J connectivity index is 2.06. The SMILES string of the molecule is CC(C)n1cc(-c2ccc3n[nH]nc3n2)cn1. The van der Waals surface area contributed by atoms with Gasteiger partial charge in [0.1, 0.15) is 5.52 Å². The molecule has 0 radical (unpaired) electrons. The molecule has 3 rings (SSSR count). The first-order valence-electron chi connectivity index (χ1n) is 5.46. The van der Waals surface area contributed by atoms with Gasteiger partial charge < -0.3 is 0 Å². The second-order valence-electron chi connectivity index (χ2n) is 4.17. The van der Waals surface area contributed by atoms with E-state index in [0.29, 0.717) is 11.7 Å². The molecule has 0 fully saturated rings. The van der Waals surface area contributed by atoms with Gasteiger partial charge in [-0.05, 0) is 26.0 Å². The monoisotopic (exact) mass is 228 g/mol. The summed E-state index contributed by atoms with van der Waals surface area (Å²) in [6.07, 6.45) is 3.80. The minimum absolute atomic E-state index is 0.347. The van der Waals surface area contributed by atoms with Crippen molar-refractivity contribution >= 4 is 11.2 Å². The van der Waals surface area contributed by atoms with E-state index in [2.05, 4.69) is 39.3 Å². The quantitative estimate of drug-likeness (QED) is 0.725. The lowest BCUT2D eigenvalue weighted by atomic mass is 10.2. The minimum Gasteiger partial charge on any atom is -0.270 e. The zero-order valence-electron chi connectivity index (χ0n) is 9.62. The Morgan fingerprint density at radius 1 is 1.24 bits per heavy atom. The number of pyridine rings is 1. The molecule has 0 bridgehead atoms. The number of rotatable bonds is 2. The van der Waals surface area contributed by atoms with Crippen LogP contribution in [-0.4, -0.2) is 30.2 Å². The predicted octanol–water partition coefficient (Wildman–Crippen LogP) is 1.80. The first kappa shape index (κ1) is 9.95. The van der Waals surface area contributed by atoms with Gasteiger partial charge in [-0.2, -0.15) is 15.4 Å². The number of nitrogens with one attached hydrogen (secondary N) is 1. The topological polar surface area (TPSA) is 72.3 Å². The highest BCUT2D eigenvalue weighted by molar-refractivity contribution is 5.73. The second-order valence-corrected chi connectivity index (χ2v) is 4.17. The van der Waals surface area contributed by atoms with Crippen molar-refractivity contribution in [1.82, 2.24) is 30.2 Å². The summed E-state index contributed by atoms with van der Waals surface area (Å²) in [5.41, 5.74) is 3.24. The first-order valence-corrected chi connectivity index (χ1v) is 5.46. The van der Waals surface area contributed by atoms with E-state index in [4.69, 9.17) is 0 Å². The van der Waals surface area contributed by atoms with Crippen LogP contribution in [-0.2, 0) is 0 Å². The molecule has 0 aromatic carbocycles. The van der Waals surface area contributed by atoms with Crippen LogP contribution in [0.4, 0.5) is 0 Å². The molecule has 0 aliphatic heterocycles. The molecule has 86 valence electrons. The van der Waals surface area contributed by atoms with Gasteiger partial charge in [0.05, 0.1) is 11.9 Å². The fourth-order valence-corrected chi connectivity index (χ4v) is 1.65. The third-order valence-corrected chi connectivity index (χ3v) is 2.61. The van der Waals surface area contributed by atoms with E-state index in [9.17, 15) is 0 Å². The summed E-state index contributed by atoms with van der Waals surface area (Å²) in [6.45, 7) is 4.18. The van der Waals surface area contributed by atoms with Gasteiger partial charge in [-0.15, -0.1) is 5.10 Å². The van der Waals surface area contributed by atoms with Crippen molar-refractivity contribution in [2.45, 2.75) is 19.9 Å². The van der Waals surface area contributed by atoms with Crippen LogP contribution in [0, 0.1) is 0 Å². The van der Waals surface area contributed by atoms with E-state index in [1.54, 1.807) is 0 Å². The van der Waals surface area contributed by atoms with Crippen LogP contribution in [0.5, 0.6) is 0 Å². The van der Waals surface area contributed by atoms with Crippen molar-refractivity contribution < 1.29 is 0 Å². The molecule has 0 spiro atoms. The van der Waals surface area contributed by atoms with Gasteiger partial charge in [0, 0.05) is 17.8 Å². The second kappa shape index (κ2) is 3.65. The van der Waals surface area contributed by atoms with Crippen molar-refractivity contribution in [3.05, 3.63) is 24.5 Å². The molecule has 0 aliphatic rings. The van der Waals surface area contributed by atoms with Crippen molar-refractivity contribution in [2.24, 2.45) is 0 Å². The summed E-state index contributed by atoms with van der Waals surface area (Å²) in [5.74, 6) is 0. The van der Waals surface area contributed by atoms with Crippen LogP contribution in [0.25, 0.3) is 22.4 Å². The molecule has 1 N–H and O–H groups in total. The van der Waals surface area contributed by atoms with E-state index in [-0.39, 0.29) is 0 Å². The Morgan fingerprint density at radius 3 is 2.88 bits per heavy atom. The summed E-state index contributed by atoms with van der Waals surface area (Å²) in [4.78, 5) is 4.42. The average molecular weight is 228 g/mol. The van der Waals surface area contributed by atoms with E-state index < -0.39 is 0 Å². The molecule has 17 heavy (non-hydrogen) atoms. The molecule has 3 aromatic heterocycles. The van der Waals surface area contributed by atoms with E-state index >= 15 is 0 Å². The minimum atomic E-state index is 0.347. The van der Waals surface area contributed by atoms with Gasteiger partial charge in [-0.1, -0.05) is 0 Å². The highest BCUT2D eigenvalue weighted by atomic mass is 15.3. The van der Waals surface area contributed by atoms with Crippen LogP contribution in [0.15, 0.2) is 24.5 Å². The molecule has 0 atom stereocenters. The summed E-state index contributed by atoms with van der Waals surface area (Å²) >= 11 is 0. The number of nitrogens with zero attached hydrogens (tertiary/aromatic N) is 5. The van der Waals surface area contributed by atoms with Crippen molar-refractivity contribution in [1.29, 1.82) is 0 Å². The Bertz CT molecular complexity index is 651. The number of hydrogen-bond acceptors (Lipinski definition) is 4. The Kier molecular flexibility index (Phi) is 2.14. The lowest BCUT2D eigenvalue weighted by Gasteiger charge is -2.02. The fraction of sp³-hybridized carbons (Fsp3) is 0.273. The van der Waals surface area contributed by atoms with Gasteiger partial charge >= 0.3 is 0 Å². The van der Waals surface area contributed by atoms with Crippen molar-refractivity contribution in [3.63, 3.8) is 0 Å². The third-order valence-electron chi connectivity index (χ3n) is 2.61. The van der Waals surface area contributed by atoms with Crippen LogP contribution >= 0.6 is 0 Å². The lowest BCUT2D eigenvalue weighted by molar-refractivity contribution is 0.532. The van der Waals surface area contributed by atoms with Gasteiger partial charge in [-0.3, -0.25) is 4.68 Å².